The van der Waals surface area contributed by atoms with Crippen LogP contribution in [0, 0.1) is 12.7 Å². The van der Waals surface area contributed by atoms with Crippen molar-refractivity contribution in [2.24, 2.45) is 0 Å². The predicted molar refractivity (Wildman–Crippen MR) is 131 cm³/mol. The maximum atomic E-state index is 14.5. The van der Waals surface area contributed by atoms with Gasteiger partial charge in [-0.1, -0.05) is 24.3 Å². The Labute approximate surface area is 201 Å². The van der Waals surface area contributed by atoms with E-state index in [0.29, 0.717) is 24.0 Å². The highest BCUT2D eigenvalue weighted by Crippen LogP contribution is 2.22. The van der Waals surface area contributed by atoms with Crippen LogP contribution in [0.2, 0.25) is 0 Å². The van der Waals surface area contributed by atoms with Crippen molar-refractivity contribution in [2.75, 3.05) is 5.73 Å². The van der Waals surface area contributed by atoms with Crippen molar-refractivity contribution in [3.63, 3.8) is 0 Å². The van der Waals surface area contributed by atoms with Gasteiger partial charge in [0.05, 0.1) is 6.54 Å². The first-order valence-corrected chi connectivity index (χ1v) is 11.2. The molecule has 0 saturated heterocycles. The van der Waals surface area contributed by atoms with Crippen molar-refractivity contribution in [1.29, 1.82) is 0 Å². The minimum atomic E-state index is -0.449. The lowest BCUT2D eigenvalue weighted by Crippen LogP contribution is -2.23. The third kappa shape index (κ3) is 4.89. The molecule has 3 aromatic heterocycles. The van der Waals surface area contributed by atoms with Crippen LogP contribution in [0.1, 0.15) is 33.0 Å². The van der Waals surface area contributed by atoms with E-state index < -0.39 is 5.82 Å². The average molecular weight is 470 g/mol. The second kappa shape index (κ2) is 9.38. The lowest BCUT2D eigenvalue weighted by molar-refractivity contribution is 0.0946. The normalized spacial score (nSPS) is 11.1. The molecule has 3 N–H and O–H groups in total. The molecule has 5 rings (SSSR count). The molecule has 8 nitrogen and oxygen atoms in total. The summed E-state index contributed by atoms with van der Waals surface area (Å²) < 4.78 is 18.3. The number of hydrogen-bond donors (Lipinski definition) is 2. The molecule has 0 bridgehead atoms. The molecule has 9 heteroatoms. The van der Waals surface area contributed by atoms with E-state index in [4.69, 9.17) is 5.73 Å². The Kier molecular flexibility index (Phi) is 5.97. The van der Waals surface area contributed by atoms with Crippen molar-refractivity contribution in [3.8, 4) is 0 Å². The van der Waals surface area contributed by atoms with E-state index in [1.807, 2.05) is 28.4 Å². The van der Waals surface area contributed by atoms with Crippen molar-refractivity contribution in [1.82, 2.24) is 29.6 Å². The van der Waals surface area contributed by atoms with Crippen LogP contribution in [0.3, 0.4) is 0 Å². The number of nitrogen functional groups attached to an aromatic ring is 1. The van der Waals surface area contributed by atoms with Crippen LogP contribution in [0.4, 0.5) is 10.2 Å². The van der Waals surface area contributed by atoms with Crippen molar-refractivity contribution >= 4 is 22.5 Å². The molecule has 0 unspecified atom stereocenters. The van der Waals surface area contributed by atoms with E-state index >= 15 is 0 Å². The highest BCUT2D eigenvalue weighted by Gasteiger charge is 2.14. The third-order valence-electron chi connectivity index (χ3n) is 5.89. The summed E-state index contributed by atoms with van der Waals surface area (Å²) in [6, 6.07) is 14.9. The molecule has 35 heavy (non-hydrogen) atoms. The largest absolute Gasteiger partial charge is 0.383 e. The number of rotatable bonds is 7. The Morgan fingerprint density at radius 3 is 2.60 bits per heavy atom. The van der Waals surface area contributed by atoms with Gasteiger partial charge in [-0.25, -0.2) is 14.4 Å². The second-order valence-electron chi connectivity index (χ2n) is 8.37. The zero-order valence-electron chi connectivity index (χ0n) is 19.1. The molecule has 0 aliphatic rings. The Morgan fingerprint density at radius 1 is 1.09 bits per heavy atom. The smallest absolute Gasteiger partial charge is 0.271 e. The van der Waals surface area contributed by atoms with Gasteiger partial charge in [0, 0.05) is 48.8 Å². The Morgan fingerprint density at radius 2 is 1.86 bits per heavy atom. The fourth-order valence-corrected chi connectivity index (χ4v) is 3.97. The van der Waals surface area contributed by atoms with Crippen molar-refractivity contribution < 1.29 is 9.18 Å². The van der Waals surface area contributed by atoms with Crippen LogP contribution in [0.15, 0.2) is 73.3 Å². The summed E-state index contributed by atoms with van der Waals surface area (Å²) >= 11 is 0. The number of nitrogens with one attached hydrogen (secondary N) is 1. The number of hydrogen-bond acceptors (Lipinski definition) is 5. The lowest BCUT2D eigenvalue weighted by Gasteiger charge is -2.08. The monoisotopic (exact) mass is 469 g/mol. The molecule has 0 saturated carbocycles. The summed E-state index contributed by atoms with van der Waals surface area (Å²) in [5.41, 5.74) is 8.71. The first kappa shape index (κ1) is 22.3. The Bertz CT molecular complexity index is 1490. The molecule has 5 aromatic rings. The van der Waals surface area contributed by atoms with E-state index in [9.17, 15) is 9.18 Å². The minimum absolute atomic E-state index is 0.0342. The number of aryl methyl sites for hydroxylation is 1. The van der Waals surface area contributed by atoms with E-state index in [0.717, 1.165) is 22.3 Å². The van der Waals surface area contributed by atoms with Gasteiger partial charge in [-0.15, -0.1) is 0 Å². The standard InChI is InChI=1S/C26H24FN7O/c1-17-32-24(16-33(17)14-18-3-5-19(6-4-18)15-34-10-2-8-31-34)26(35)30-13-21-11-20-7-9-29-25(28)22(20)12-23(21)27/h2-12,16H,13-15H2,1H3,(H2,28,29)(H,30,35). The summed E-state index contributed by atoms with van der Waals surface area (Å²) in [5.74, 6) is 0.173. The van der Waals surface area contributed by atoms with Crippen LogP contribution in [-0.2, 0) is 19.6 Å². The molecule has 0 fully saturated rings. The number of amides is 1. The minimum Gasteiger partial charge on any atom is -0.383 e. The molecule has 2 aromatic carbocycles. The zero-order valence-corrected chi connectivity index (χ0v) is 19.1. The number of carbonyl (C=O) groups excluding carboxylic acids is 1. The number of carbonyl (C=O) groups is 1. The number of pyridine rings is 1. The van der Waals surface area contributed by atoms with Crippen LogP contribution >= 0.6 is 0 Å². The molecule has 0 spiro atoms. The topological polar surface area (TPSA) is 104 Å². The van der Waals surface area contributed by atoms with Crippen LogP contribution in [0.5, 0.6) is 0 Å². The number of benzene rings is 2. The van der Waals surface area contributed by atoms with Crippen LogP contribution < -0.4 is 11.1 Å². The van der Waals surface area contributed by atoms with Gasteiger partial charge in [-0.05, 0) is 47.7 Å². The van der Waals surface area contributed by atoms with Gasteiger partial charge in [0.2, 0.25) is 0 Å². The molecule has 0 radical (unpaired) electrons. The summed E-state index contributed by atoms with van der Waals surface area (Å²) in [6.07, 6.45) is 6.97. The van der Waals surface area contributed by atoms with Gasteiger partial charge in [0.15, 0.2) is 0 Å². The van der Waals surface area contributed by atoms with E-state index in [1.54, 1.807) is 30.7 Å². The summed E-state index contributed by atoms with van der Waals surface area (Å²) in [5, 5.41) is 8.29. The van der Waals surface area contributed by atoms with Crippen LogP contribution in [-0.4, -0.2) is 30.2 Å². The lowest BCUT2D eigenvalue weighted by atomic mass is 10.1. The number of anilines is 1. The summed E-state index contributed by atoms with van der Waals surface area (Å²) in [6.45, 7) is 3.18. The Hall–Kier alpha value is -4.53. The first-order valence-electron chi connectivity index (χ1n) is 11.2. The molecule has 3 heterocycles. The molecule has 0 aliphatic heterocycles. The van der Waals surface area contributed by atoms with E-state index in [1.165, 1.54) is 6.07 Å². The summed E-state index contributed by atoms with van der Waals surface area (Å²) in [7, 11) is 0. The third-order valence-corrected chi connectivity index (χ3v) is 5.89. The number of imidazole rings is 1. The van der Waals surface area contributed by atoms with Gasteiger partial charge >= 0.3 is 0 Å². The van der Waals surface area contributed by atoms with Gasteiger partial charge in [0.1, 0.15) is 23.2 Å². The number of nitrogens with zero attached hydrogens (tertiary/aromatic N) is 5. The van der Waals surface area contributed by atoms with Gasteiger partial charge in [0.25, 0.3) is 5.91 Å². The number of nitrogens with two attached hydrogens (primary N) is 1. The molecule has 1 amide bonds. The van der Waals surface area contributed by atoms with Gasteiger partial charge < -0.3 is 15.6 Å². The second-order valence-corrected chi connectivity index (χ2v) is 8.37. The fraction of sp³-hybridized carbons (Fsp3) is 0.154. The first-order chi connectivity index (χ1) is 17.0. The number of fused-ring (bicyclic) bond motifs is 1. The van der Waals surface area contributed by atoms with Crippen LogP contribution in [0.25, 0.3) is 10.8 Å². The quantitative estimate of drug-likeness (QED) is 0.378. The highest BCUT2D eigenvalue weighted by atomic mass is 19.1. The number of halogens is 1. The van der Waals surface area contributed by atoms with Crippen molar-refractivity contribution in [3.05, 3.63) is 107 Å². The highest BCUT2D eigenvalue weighted by molar-refractivity contribution is 5.93. The molecule has 176 valence electrons. The molecular weight excluding hydrogens is 445 g/mol. The molecule has 0 atom stereocenters. The summed E-state index contributed by atoms with van der Waals surface area (Å²) in [4.78, 5) is 21.1. The average Bonchev–Trinajstić information content (AvgIpc) is 3.49. The predicted octanol–water partition coefficient (Wildman–Crippen LogP) is 3.68. The maximum Gasteiger partial charge on any atom is 0.271 e. The van der Waals surface area contributed by atoms with Crippen molar-refractivity contribution in [2.45, 2.75) is 26.6 Å². The fourth-order valence-electron chi connectivity index (χ4n) is 3.97. The van der Waals surface area contributed by atoms with E-state index in [-0.39, 0.29) is 24.0 Å². The maximum absolute atomic E-state index is 14.5. The van der Waals surface area contributed by atoms with Gasteiger partial charge in [-0.3, -0.25) is 9.48 Å². The molecule has 0 aliphatic carbocycles. The molecular formula is C26H24FN7O. The van der Waals surface area contributed by atoms with E-state index in [2.05, 4.69) is 44.6 Å². The zero-order chi connectivity index (χ0) is 24.4. The SMILES string of the molecule is Cc1nc(C(=O)NCc2cc3ccnc(N)c3cc2F)cn1Cc1ccc(Cn2cccn2)cc1. The number of aromatic nitrogens is 5. The Balaban J connectivity index is 1.24. The van der Waals surface area contributed by atoms with Gasteiger partial charge in [-0.2, -0.15) is 5.10 Å².